The van der Waals surface area contributed by atoms with Crippen LogP contribution in [-0.4, -0.2) is 45.9 Å². The third-order valence-electron chi connectivity index (χ3n) is 2.71. The lowest BCUT2D eigenvalue weighted by Gasteiger charge is -2.07. The van der Waals surface area contributed by atoms with Crippen molar-refractivity contribution in [3.8, 4) is 5.75 Å². The van der Waals surface area contributed by atoms with Gasteiger partial charge in [0.25, 0.3) is 0 Å². The third-order valence-corrected chi connectivity index (χ3v) is 2.71. The predicted octanol–water partition coefficient (Wildman–Crippen LogP) is 1.40. The van der Waals surface area contributed by atoms with Crippen LogP contribution in [0.2, 0.25) is 0 Å². The van der Waals surface area contributed by atoms with Crippen LogP contribution in [-0.2, 0) is 16.0 Å². The monoisotopic (exact) mass is 316 g/mol. The van der Waals surface area contributed by atoms with E-state index in [0.717, 1.165) is 24.4 Å². The third kappa shape index (κ3) is 9.28. The van der Waals surface area contributed by atoms with Gasteiger partial charge in [-0.05, 0) is 24.6 Å². The highest BCUT2D eigenvalue weighted by atomic mass is 35.5. The zero-order chi connectivity index (χ0) is 14.6. The quantitative estimate of drug-likeness (QED) is 0.641. The minimum Gasteiger partial charge on any atom is -0.494 e. The molecule has 0 radical (unpaired) electrons. The maximum atomic E-state index is 11.7. The second kappa shape index (κ2) is 12.4. The number of carbonyl (C=O) groups excluding carboxylic acids is 1. The number of carbonyl (C=O) groups is 1. The van der Waals surface area contributed by atoms with Crippen LogP contribution in [0.4, 0.5) is 0 Å². The Morgan fingerprint density at radius 2 is 1.86 bits per heavy atom. The molecule has 0 bridgehead atoms. The van der Waals surface area contributed by atoms with E-state index in [0.29, 0.717) is 26.2 Å². The van der Waals surface area contributed by atoms with E-state index in [-0.39, 0.29) is 18.3 Å². The average Bonchev–Trinajstić information content (AvgIpc) is 2.45. The van der Waals surface area contributed by atoms with Crippen molar-refractivity contribution in [2.24, 2.45) is 0 Å². The van der Waals surface area contributed by atoms with Crippen molar-refractivity contribution in [3.63, 3.8) is 0 Å². The number of benzene rings is 1. The van der Waals surface area contributed by atoms with Gasteiger partial charge >= 0.3 is 0 Å². The molecule has 1 aromatic carbocycles. The molecule has 6 heteroatoms. The van der Waals surface area contributed by atoms with Gasteiger partial charge in [-0.15, -0.1) is 12.4 Å². The molecule has 0 heterocycles. The highest BCUT2D eigenvalue weighted by Gasteiger charge is 2.03. The van der Waals surface area contributed by atoms with E-state index in [2.05, 4.69) is 10.6 Å². The van der Waals surface area contributed by atoms with Crippen LogP contribution in [0.1, 0.15) is 12.5 Å². The van der Waals surface area contributed by atoms with Gasteiger partial charge < -0.3 is 20.1 Å². The first-order valence-electron chi connectivity index (χ1n) is 6.94. The van der Waals surface area contributed by atoms with Crippen molar-refractivity contribution in [2.75, 3.05) is 40.0 Å². The number of methoxy groups -OCH3 is 1. The number of ether oxygens (including phenoxy) is 2. The first-order chi connectivity index (χ1) is 9.76. The van der Waals surface area contributed by atoms with Crippen LogP contribution in [0, 0.1) is 0 Å². The summed E-state index contributed by atoms with van der Waals surface area (Å²) in [6.45, 7) is 5.45. The zero-order valence-corrected chi connectivity index (χ0v) is 13.5. The van der Waals surface area contributed by atoms with Gasteiger partial charge in [0.05, 0.1) is 19.6 Å². The summed E-state index contributed by atoms with van der Waals surface area (Å²) in [5.74, 6) is 0.863. The lowest BCUT2D eigenvalue weighted by atomic mass is 10.1. The van der Waals surface area contributed by atoms with Crippen molar-refractivity contribution >= 4 is 18.3 Å². The number of halogens is 1. The number of amides is 1. The molecule has 0 fully saturated rings. The van der Waals surface area contributed by atoms with Crippen LogP contribution in [0.15, 0.2) is 24.3 Å². The molecule has 2 N–H and O–H groups in total. The number of nitrogens with one attached hydrogen (secondary N) is 2. The van der Waals surface area contributed by atoms with E-state index >= 15 is 0 Å². The SMILES string of the molecule is CCOc1ccc(CC(=O)NCCNCCOC)cc1.Cl. The number of hydrogen-bond donors (Lipinski definition) is 2. The van der Waals surface area contributed by atoms with Gasteiger partial charge in [0.15, 0.2) is 0 Å². The summed E-state index contributed by atoms with van der Waals surface area (Å²) >= 11 is 0. The molecule has 0 saturated carbocycles. The maximum absolute atomic E-state index is 11.7. The van der Waals surface area contributed by atoms with Gasteiger partial charge in [0, 0.05) is 26.7 Å². The molecule has 120 valence electrons. The molecular weight excluding hydrogens is 292 g/mol. The lowest BCUT2D eigenvalue weighted by molar-refractivity contribution is -0.120. The van der Waals surface area contributed by atoms with Gasteiger partial charge in [-0.1, -0.05) is 12.1 Å². The molecule has 0 aliphatic rings. The van der Waals surface area contributed by atoms with Gasteiger partial charge in [-0.2, -0.15) is 0 Å². The van der Waals surface area contributed by atoms with E-state index in [1.807, 2.05) is 31.2 Å². The van der Waals surface area contributed by atoms with Crippen LogP contribution in [0.3, 0.4) is 0 Å². The Hall–Kier alpha value is -1.30. The number of hydrogen-bond acceptors (Lipinski definition) is 4. The Balaban J connectivity index is 0.00000400. The minimum absolute atomic E-state index is 0. The summed E-state index contributed by atoms with van der Waals surface area (Å²) in [7, 11) is 1.67. The Bertz CT molecular complexity index is 385. The highest BCUT2D eigenvalue weighted by molar-refractivity contribution is 5.85. The van der Waals surface area contributed by atoms with Crippen molar-refractivity contribution in [1.29, 1.82) is 0 Å². The normalized spacial score (nSPS) is 9.81. The van der Waals surface area contributed by atoms with Crippen LogP contribution in [0.25, 0.3) is 0 Å². The summed E-state index contributed by atoms with van der Waals surface area (Å²) < 4.78 is 10.3. The molecule has 21 heavy (non-hydrogen) atoms. The van der Waals surface area contributed by atoms with Crippen LogP contribution >= 0.6 is 12.4 Å². The largest absolute Gasteiger partial charge is 0.494 e. The molecule has 0 aromatic heterocycles. The van der Waals surface area contributed by atoms with Gasteiger partial charge in [-0.3, -0.25) is 4.79 Å². The summed E-state index contributed by atoms with van der Waals surface area (Å²) in [4.78, 5) is 11.7. The Labute approximate surface area is 132 Å². The van der Waals surface area contributed by atoms with Gasteiger partial charge in [0.1, 0.15) is 5.75 Å². The molecular formula is C15H25ClN2O3. The Morgan fingerprint density at radius 1 is 1.14 bits per heavy atom. The Kier molecular flexibility index (Phi) is 11.7. The molecule has 0 spiro atoms. The van der Waals surface area contributed by atoms with Crippen molar-refractivity contribution in [2.45, 2.75) is 13.3 Å². The number of rotatable bonds is 10. The molecule has 1 rings (SSSR count). The second-order valence-electron chi connectivity index (χ2n) is 4.35. The summed E-state index contributed by atoms with van der Waals surface area (Å²) in [5.41, 5.74) is 0.985. The standard InChI is InChI=1S/C15H24N2O3.ClH/c1-3-20-14-6-4-13(5-7-14)12-15(18)17-9-8-16-10-11-19-2;/h4-7,16H,3,8-12H2,1-2H3,(H,17,18);1H. The summed E-state index contributed by atoms with van der Waals surface area (Å²) in [6, 6.07) is 7.61. The van der Waals surface area contributed by atoms with Crippen LogP contribution < -0.4 is 15.4 Å². The molecule has 5 nitrogen and oxygen atoms in total. The van der Waals surface area contributed by atoms with Gasteiger partial charge in [0.2, 0.25) is 5.91 Å². The van der Waals surface area contributed by atoms with E-state index in [1.54, 1.807) is 7.11 Å². The molecule has 0 saturated heterocycles. The first-order valence-corrected chi connectivity index (χ1v) is 6.94. The molecule has 0 unspecified atom stereocenters. The average molecular weight is 317 g/mol. The first kappa shape index (κ1) is 19.7. The van der Waals surface area contributed by atoms with Crippen molar-refractivity contribution in [3.05, 3.63) is 29.8 Å². The minimum atomic E-state index is 0. The molecule has 1 aromatic rings. The fourth-order valence-electron chi connectivity index (χ4n) is 1.71. The zero-order valence-electron chi connectivity index (χ0n) is 12.7. The predicted molar refractivity (Wildman–Crippen MR) is 86.3 cm³/mol. The fourth-order valence-corrected chi connectivity index (χ4v) is 1.71. The lowest BCUT2D eigenvalue weighted by Crippen LogP contribution is -2.33. The van der Waals surface area contributed by atoms with E-state index in [4.69, 9.17) is 9.47 Å². The summed E-state index contributed by atoms with van der Waals surface area (Å²) in [6.07, 6.45) is 0.393. The fraction of sp³-hybridized carbons (Fsp3) is 0.533. The summed E-state index contributed by atoms with van der Waals surface area (Å²) in [5, 5.41) is 6.05. The highest BCUT2D eigenvalue weighted by Crippen LogP contribution is 2.12. The van der Waals surface area contributed by atoms with Crippen molar-refractivity contribution < 1.29 is 14.3 Å². The van der Waals surface area contributed by atoms with Crippen LogP contribution in [0.5, 0.6) is 5.75 Å². The van der Waals surface area contributed by atoms with E-state index < -0.39 is 0 Å². The molecule has 0 aliphatic heterocycles. The Morgan fingerprint density at radius 3 is 2.48 bits per heavy atom. The molecule has 1 amide bonds. The smallest absolute Gasteiger partial charge is 0.224 e. The van der Waals surface area contributed by atoms with Crippen molar-refractivity contribution in [1.82, 2.24) is 10.6 Å². The maximum Gasteiger partial charge on any atom is 0.224 e. The molecule has 0 atom stereocenters. The van der Waals surface area contributed by atoms with E-state index in [9.17, 15) is 4.79 Å². The van der Waals surface area contributed by atoms with Gasteiger partial charge in [-0.25, -0.2) is 0 Å². The molecule has 0 aliphatic carbocycles. The second-order valence-corrected chi connectivity index (χ2v) is 4.35. The van der Waals surface area contributed by atoms with E-state index in [1.165, 1.54) is 0 Å². The topological polar surface area (TPSA) is 59.6 Å².